The normalized spacial score (nSPS) is 21.6. The van der Waals surface area contributed by atoms with Crippen LogP contribution in [-0.4, -0.2) is 62.8 Å². The number of aromatic nitrogens is 4. The summed E-state index contributed by atoms with van der Waals surface area (Å²) in [6.07, 6.45) is 3.05. The first-order valence-electron chi connectivity index (χ1n) is 9.30. The molecule has 1 saturated heterocycles. The molecule has 0 bridgehead atoms. The molecule has 2 aromatic rings. The first kappa shape index (κ1) is 20.4. The van der Waals surface area contributed by atoms with Gasteiger partial charge in [0.1, 0.15) is 6.33 Å². The molecule has 0 unspecified atom stereocenters. The predicted octanol–water partition coefficient (Wildman–Crippen LogP) is 1.80. The predicted molar refractivity (Wildman–Crippen MR) is 103 cm³/mol. The number of carbonyl (C=O) groups is 2. The summed E-state index contributed by atoms with van der Waals surface area (Å²) >= 11 is 1.59. The Labute approximate surface area is 167 Å². The second-order valence-electron chi connectivity index (χ2n) is 6.26. The van der Waals surface area contributed by atoms with Crippen LogP contribution in [0, 0.1) is 5.92 Å². The van der Waals surface area contributed by atoms with Gasteiger partial charge in [0, 0.05) is 11.7 Å². The van der Waals surface area contributed by atoms with E-state index in [0.29, 0.717) is 41.8 Å². The minimum atomic E-state index is -1.10. The minimum absolute atomic E-state index is 0.114. The van der Waals surface area contributed by atoms with Crippen LogP contribution in [0.15, 0.2) is 12.7 Å². The molecule has 0 N–H and O–H groups in total. The number of fused-ring (bicyclic) bond motifs is 1. The largest absolute Gasteiger partial charge is 0.476 e. The average Bonchev–Trinajstić information content (AvgIpc) is 3.28. The van der Waals surface area contributed by atoms with Gasteiger partial charge in [-0.2, -0.15) is 16.7 Å². The number of hydrogen-bond donors (Lipinski definition) is 0. The Morgan fingerprint density at radius 2 is 1.96 bits per heavy atom. The highest BCUT2D eigenvalue weighted by molar-refractivity contribution is 7.99. The van der Waals surface area contributed by atoms with Crippen molar-refractivity contribution >= 4 is 34.9 Å². The average molecular weight is 408 g/mol. The molecule has 0 saturated carbocycles. The molecule has 3 heterocycles. The van der Waals surface area contributed by atoms with Crippen LogP contribution in [0.1, 0.15) is 27.2 Å². The van der Waals surface area contributed by atoms with Gasteiger partial charge in [0.05, 0.1) is 32.6 Å². The minimum Gasteiger partial charge on any atom is -0.476 e. The van der Waals surface area contributed by atoms with Crippen LogP contribution < -0.4 is 4.74 Å². The molecule has 0 aromatic carbocycles. The Bertz CT molecular complexity index is 858. The van der Waals surface area contributed by atoms with Crippen molar-refractivity contribution in [1.82, 2.24) is 19.5 Å². The number of thioether (sulfide) groups is 1. The van der Waals surface area contributed by atoms with Gasteiger partial charge in [0.2, 0.25) is 5.88 Å². The van der Waals surface area contributed by atoms with Crippen LogP contribution in [0.2, 0.25) is 0 Å². The van der Waals surface area contributed by atoms with E-state index in [4.69, 9.17) is 14.2 Å². The number of esters is 2. The Kier molecular flexibility index (Phi) is 6.38. The van der Waals surface area contributed by atoms with Crippen LogP contribution >= 0.6 is 11.8 Å². The van der Waals surface area contributed by atoms with Crippen molar-refractivity contribution < 1.29 is 23.8 Å². The zero-order valence-electron chi connectivity index (χ0n) is 16.2. The molecule has 0 amide bonds. The number of imidazole rings is 1. The maximum Gasteiger partial charge on any atom is 0.333 e. The quantitative estimate of drug-likeness (QED) is 0.604. The summed E-state index contributed by atoms with van der Waals surface area (Å²) in [5, 5.41) is 0. The van der Waals surface area contributed by atoms with Crippen molar-refractivity contribution in [3.8, 4) is 5.88 Å². The van der Waals surface area contributed by atoms with Crippen molar-refractivity contribution in [2.75, 3.05) is 31.3 Å². The van der Waals surface area contributed by atoms with E-state index in [-0.39, 0.29) is 24.9 Å². The van der Waals surface area contributed by atoms with Crippen molar-refractivity contribution in [1.29, 1.82) is 0 Å². The van der Waals surface area contributed by atoms with E-state index < -0.39 is 11.5 Å². The van der Waals surface area contributed by atoms with Crippen molar-refractivity contribution in [3.05, 3.63) is 12.7 Å². The van der Waals surface area contributed by atoms with Crippen LogP contribution in [-0.2, 0) is 24.6 Å². The van der Waals surface area contributed by atoms with Gasteiger partial charge in [-0.1, -0.05) is 0 Å². The summed E-state index contributed by atoms with van der Waals surface area (Å²) < 4.78 is 17.8. The lowest BCUT2D eigenvalue weighted by Crippen LogP contribution is -2.49. The summed E-state index contributed by atoms with van der Waals surface area (Å²) in [5.74, 6) is 0.398. The molecule has 0 radical (unpaired) electrons. The van der Waals surface area contributed by atoms with Gasteiger partial charge in [-0.15, -0.1) is 0 Å². The third-order valence-corrected chi connectivity index (χ3v) is 5.96. The molecule has 0 aliphatic carbocycles. The van der Waals surface area contributed by atoms with Gasteiger partial charge < -0.3 is 14.2 Å². The van der Waals surface area contributed by atoms with Crippen molar-refractivity contribution in [2.45, 2.75) is 32.7 Å². The second-order valence-corrected chi connectivity index (χ2v) is 7.29. The highest BCUT2D eigenvalue weighted by Gasteiger charge is 2.54. The maximum absolute atomic E-state index is 13.2. The molecule has 2 aromatic heterocycles. The summed E-state index contributed by atoms with van der Waals surface area (Å²) in [7, 11) is 0. The number of rotatable bonds is 8. The molecule has 10 heteroatoms. The molecule has 1 aliphatic heterocycles. The van der Waals surface area contributed by atoms with E-state index >= 15 is 0 Å². The molecule has 1 aliphatic rings. The molecule has 2 atom stereocenters. The van der Waals surface area contributed by atoms with Gasteiger partial charge in [0.25, 0.3) is 0 Å². The second kappa shape index (κ2) is 8.76. The van der Waals surface area contributed by atoms with Crippen molar-refractivity contribution in [3.63, 3.8) is 0 Å². The first-order chi connectivity index (χ1) is 13.6. The molecular formula is C18H24N4O5S. The van der Waals surface area contributed by atoms with Gasteiger partial charge >= 0.3 is 11.9 Å². The summed E-state index contributed by atoms with van der Waals surface area (Å²) in [6.45, 7) is 6.34. The van der Waals surface area contributed by atoms with Crippen molar-refractivity contribution in [2.24, 2.45) is 5.92 Å². The monoisotopic (exact) mass is 408 g/mol. The fourth-order valence-electron chi connectivity index (χ4n) is 3.46. The smallest absolute Gasteiger partial charge is 0.333 e. The zero-order valence-corrected chi connectivity index (χ0v) is 17.0. The van der Waals surface area contributed by atoms with E-state index in [9.17, 15) is 9.59 Å². The van der Waals surface area contributed by atoms with Crippen LogP contribution in [0.5, 0.6) is 5.88 Å². The Hall–Kier alpha value is -2.36. The third-order valence-electron chi connectivity index (χ3n) is 4.67. The van der Waals surface area contributed by atoms with Crippen LogP contribution in [0.4, 0.5) is 0 Å². The standard InChI is InChI=1S/C18H24N4O5S/c1-4-25-13(23)7-12-8-28-9-18(12,17(24)27-6-3)22-11-21-14-15(22)19-10-20-16(14)26-5-2/h10-12H,4-9H2,1-3H3/t12-,18-/m0/s1. The molecule has 1 fully saturated rings. The summed E-state index contributed by atoms with van der Waals surface area (Å²) in [6, 6.07) is 0. The Morgan fingerprint density at radius 3 is 2.68 bits per heavy atom. The number of nitrogens with zero attached hydrogens (tertiary/aromatic N) is 4. The number of ether oxygens (including phenoxy) is 3. The maximum atomic E-state index is 13.2. The SMILES string of the molecule is CCOC(=O)C[C@H]1CSC[C@]1(C(=O)OCC)n1cnc2c(OCC)ncnc21. The van der Waals surface area contributed by atoms with Gasteiger partial charge in [0.15, 0.2) is 16.7 Å². The van der Waals surface area contributed by atoms with Crippen LogP contribution in [0.25, 0.3) is 11.2 Å². The van der Waals surface area contributed by atoms with E-state index in [1.54, 1.807) is 36.5 Å². The molecule has 0 spiro atoms. The topological polar surface area (TPSA) is 105 Å². The van der Waals surface area contributed by atoms with E-state index in [0.717, 1.165) is 0 Å². The highest BCUT2D eigenvalue weighted by atomic mass is 32.2. The molecule has 3 rings (SSSR count). The van der Waals surface area contributed by atoms with E-state index in [2.05, 4.69) is 15.0 Å². The lowest BCUT2D eigenvalue weighted by molar-refractivity contribution is -0.156. The van der Waals surface area contributed by atoms with Gasteiger partial charge in [-0.05, 0) is 26.5 Å². The summed E-state index contributed by atoms with van der Waals surface area (Å²) in [5.41, 5.74) is -0.150. The third kappa shape index (κ3) is 3.52. The molecule has 152 valence electrons. The fourth-order valence-corrected chi connectivity index (χ4v) is 5.06. The molecular weight excluding hydrogens is 384 g/mol. The summed E-state index contributed by atoms with van der Waals surface area (Å²) in [4.78, 5) is 38.2. The fraction of sp³-hybridized carbons (Fsp3) is 0.611. The van der Waals surface area contributed by atoms with Gasteiger partial charge in [-0.25, -0.2) is 14.8 Å². The highest BCUT2D eigenvalue weighted by Crippen LogP contribution is 2.44. The van der Waals surface area contributed by atoms with Crippen LogP contribution in [0.3, 0.4) is 0 Å². The molecule has 9 nitrogen and oxygen atoms in total. The number of carbonyl (C=O) groups excluding carboxylic acids is 2. The number of hydrogen-bond acceptors (Lipinski definition) is 9. The van der Waals surface area contributed by atoms with E-state index in [1.165, 1.54) is 6.33 Å². The molecule has 28 heavy (non-hydrogen) atoms. The Morgan fingerprint density at radius 1 is 1.18 bits per heavy atom. The van der Waals surface area contributed by atoms with E-state index in [1.807, 2.05) is 6.92 Å². The van der Waals surface area contributed by atoms with Gasteiger partial charge in [-0.3, -0.25) is 9.36 Å². The Balaban J connectivity index is 2.10. The first-order valence-corrected chi connectivity index (χ1v) is 10.5. The lowest BCUT2D eigenvalue weighted by atomic mass is 9.84. The zero-order chi connectivity index (χ0) is 20.1. The lowest BCUT2D eigenvalue weighted by Gasteiger charge is -2.33.